The van der Waals surface area contributed by atoms with Gasteiger partial charge in [-0.15, -0.1) is 0 Å². The SMILES string of the molecule is CC#N.CCCCCCCCC.F. The largest absolute Gasteiger partial charge is 0.269 e. The Kier molecular flexibility index (Phi) is 31.6. The molecule has 2 heteroatoms. The molecule has 0 rings (SSSR count). The lowest BCUT2D eigenvalue weighted by Crippen LogP contribution is -1.76. The van der Waals surface area contributed by atoms with Gasteiger partial charge in [0.2, 0.25) is 0 Å². The van der Waals surface area contributed by atoms with Crippen molar-refractivity contribution in [2.45, 2.75) is 65.7 Å². The van der Waals surface area contributed by atoms with E-state index in [1.165, 1.54) is 51.9 Å². The molecule has 0 saturated heterocycles. The van der Waals surface area contributed by atoms with Gasteiger partial charge in [-0.2, -0.15) is 5.26 Å². The van der Waals surface area contributed by atoms with Crippen molar-refractivity contribution >= 4 is 0 Å². The number of nitrogens with zero attached hydrogens (tertiary/aromatic N) is 1. The highest BCUT2D eigenvalue weighted by Crippen LogP contribution is 2.05. The molecule has 0 N–H and O–H groups in total. The molecule has 0 unspecified atom stereocenters. The van der Waals surface area contributed by atoms with Crippen LogP contribution in [0.5, 0.6) is 0 Å². The summed E-state index contributed by atoms with van der Waals surface area (Å²) in [5.74, 6) is 0. The van der Waals surface area contributed by atoms with E-state index in [4.69, 9.17) is 5.26 Å². The quantitative estimate of drug-likeness (QED) is 0.567. The summed E-state index contributed by atoms with van der Waals surface area (Å²) in [6.07, 6.45) is 9.97. The summed E-state index contributed by atoms with van der Waals surface area (Å²) < 4.78 is 0. The number of unbranched alkanes of at least 4 members (excludes halogenated alkanes) is 6. The summed E-state index contributed by atoms with van der Waals surface area (Å²) in [5.41, 5.74) is 0. The summed E-state index contributed by atoms with van der Waals surface area (Å²) in [6.45, 7) is 5.96. The van der Waals surface area contributed by atoms with Crippen molar-refractivity contribution in [2.75, 3.05) is 0 Å². The first kappa shape index (κ1) is 18.3. The second-order valence-corrected chi connectivity index (χ2v) is 2.99. The molecule has 0 aromatic carbocycles. The fraction of sp³-hybridized carbons (Fsp3) is 0.909. The fourth-order valence-corrected chi connectivity index (χ4v) is 1.03. The molecule has 1 nitrogen and oxygen atoms in total. The highest BCUT2D eigenvalue weighted by molar-refractivity contribution is 4.51. The van der Waals surface area contributed by atoms with Gasteiger partial charge >= 0.3 is 0 Å². The predicted molar refractivity (Wildman–Crippen MR) is 57.5 cm³/mol. The third-order valence-electron chi connectivity index (χ3n) is 1.71. The molecule has 0 atom stereocenters. The summed E-state index contributed by atoms with van der Waals surface area (Å²) in [6, 6.07) is 1.75. The first-order valence-corrected chi connectivity index (χ1v) is 5.14. The van der Waals surface area contributed by atoms with Crippen molar-refractivity contribution in [2.24, 2.45) is 0 Å². The predicted octanol–water partition coefficient (Wildman–Crippen LogP) is 4.44. The number of halogens is 1. The highest BCUT2D eigenvalue weighted by Gasteiger charge is 1.85. The van der Waals surface area contributed by atoms with E-state index >= 15 is 0 Å². The maximum absolute atomic E-state index is 7.32. The Balaban J connectivity index is -0.000000220. The van der Waals surface area contributed by atoms with Gasteiger partial charge in [-0.05, 0) is 0 Å². The monoisotopic (exact) mass is 189 g/mol. The zero-order valence-electron chi connectivity index (χ0n) is 9.31. The van der Waals surface area contributed by atoms with E-state index in [9.17, 15) is 0 Å². The van der Waals surface area contributed by atoms with E-state index in [1.54, 1.807) is 6.07 Å². The van der Waals surface area contributed by atoms with Crippen LogP contribution in [0.15, 0.2) is 0 Å². The van der Waals surface area contributed by atoms with Gasteiger partial charge in [0.05, 0.1) is 6.07 Å². The minimum Gasteiger partial charge on any atom is -0.269 e. The van der Waals surface area contributed by atoms with Crippen molar-refractivity contribution in [1.29, 1.82) is 5.26 Å². The Morgan fingerprint density at radius 2 is 1.08 bits per heavy atom. The molecule has 13 heavy (non-hydrogen) atoms. The van der Waals surface area contributed by atoms with Gasteiger partial charge in [0, 0.05) is 6.92 Å². The number of hydrogen-bond acceptors (Lipinski definition) is 1. The van der Waals surface area contributed by atoms with Gasteiger partial charge in [-0.3, -0.25) is 4.70 Å². The van der Waals surface area contributed by atoms with Crippen LogP contribution in [0.2, 0.25) is 0 Å². The zero-order chi connectivity index (χ0) is 9.66. The van der Waals surface area contributed by atoms with Gasteiger partial charge in [-0.25, -0.2) is 0 Å². The third kappa shape index (κ3) is 34.5. The van der Waals surface area contributed by atoms with E-state index < -0.39 is 0 Å². The second kappa shape index (κ2) is 22.5. The van der Waals surface area contributed by atoms with Crippen molar-refractivity contribution in [1.82, 2.24) is 0 Å². The Morgan fingerprint density at radius 3 is 1.31 bits per heavy atom. The van der Waals surface area contributed by atoms with Crippen LogP contribution < -0.4 is 0 Å². The average molecular weight is 189 g/mol. The first-order valence-electron chi connectivity index (χ1n) is 5.14. The third-order valence-corrected chi connectivity index (χ3v) is 1.71. The molecule has 0 aliphatic rings. The summed E-state index contributed by atoms with van der Waals surface area (Å²) in [4.78, 5) is 0. The minimum atomic E-state index is 0. The minimum absolute atomic E-state index is 0. The maximum Gasteiger partial charge on any atom is 0.0587 e. The van der Waals surface area contributed by atoms with Crippen molar-refractivity contribution < 1.29 is 4.70 Å². The van der Waals surface area contributed by atoms with E-state index in [-0.39, 0.29) is 4.70 Å². The molecular weight excluding hydrogens is 165 g/mol. The Hall–Kier alpha value is -0.580. The van der Waals surface area contributed by atoms with Gasteiger partial charge in [-0.1, -0.05) is 58.8 Å². The molecule has 0 saturated carbocycles. The van der Waals surface area contributed by atoms with Crippen LogP contribution in [0.25, 0.3) is 0 Å². The Bertz CT molecular complexity index is 90.8. The van der Waals surface area contributed by atoms with Crippen molar-refractivity contribution in [3.63, 3.8) is 0 Å². The second-order valence-electron chi connectivity index (χ2n) is 2.99. The lowest BCUT2D eigenvalue weighted by atomic mass is 10.1. The molecule has 0 bridgehead atoms. The van der Waals surface area contributed by atoms with E-state index in [0.717, 1.165) is 0 Å². The van der Waals surface area contributed by atoms with Crippen LogP contribution in [0, 0.1) is 11.3 Å². The number of hydrogen-bond donors (Lipinski definition) is 0. The molecular formula is C11H24FN. The molecule has 0 aliphatic carbocycles. The molecule has 0 amide bonds. The molecule has 0 spiro atoms. The van der Waals surface area contributed by atoms with Crippen LogP contribution in [-0.2, 0) is 0 Å². The van der Waals surface area contributed by atoms with Gasteiger partial charge in [0.15, 0.2) is 0 Å². The van der Waals surface area contributed by atoms with Crippen LogP contribution in [0.1, 0.15) is 65.7 Å². The lowest BCUT2D eigenvalue weighted by Gasteiger charge is -1.96. The molecule has 0 aliphatic heterocycles. The average Bonchev–Trinajstić information content (AvgIpc) is 2.06. The first-order chi connectivity index (χ1) is 5.83. The van der Waals surface area contributed by atoms with E-state index in [2.05, 4.69) is 13.8 Å². The Morgan fingerprint density at radius 1 is 0.846 bits per heavy atom. The smallest absolute Gasteiger partial charge is 0.0587 e. The topological polar surface area (TPSA) is 23.8 Å². The molecule has 0 heterocycles. The van der Waals surface area contributed by atoms with E-state index in [1.807, 2.05) is 0 Å². The van der Waals surface area contributed by atoms with Crippen LogP contribution in [0.3, 0.4) is 0 Å². The summed E-state index contributed by atoms with van der Waals surface area (Å²) in [5, 5.41) is 7.32. The van der Waals surface area contributed by atoms with Crippen molar-refractivity contribution in [3.8, 4) is 6.07 Å². The van der Waals surface area contributed by atoms with Gasteiger partial charge in [0.1, 0.15) is 0 Å². The molecule has 0 fully saturated rings. The Labute approximate surface area is 82.5 Å². The van der Waals surface area contributed by atoms with Gasteiger partial charge < -0.3 is 0 Å². The fourth-order valence-electron chi connectivity index (χ4n) is 1.03. The maximum atomic E-state index is 7.32. The summed E-state index contributed by atoms with van der Waals surface area (Å²) >= 11 is 0. The van der Waals surface area contributed by atoms with Crippen LogP contribution in [0.4, 0.5) is 4.70 Å². The molecule has 80 valence electrons. The van der Waals surface area contributed by atoms with E-state index in [0.29, 0.717) is 0 Å². The molecule has 0 aromatic rings. The van der Waals surface area contributed by atoms with Gasteiger partial charge in [0.25, 0.3) is 0 Å². The van der Waals surface area contributed by atoms with Crippen LogP contribution in [-0.4, -0.2) is 0 Å². The molecule has 0 radical (unpaired) electrons. The lowest BCUT2D eigenvalue weighted by molar-refractivity contribution is 0.602. The number of nitriles is 1. The standard InChI is InChI=1S/C9H20.C2H3N.FH/c1-3-5-7-9-8-6-4-2;1-2-3;/h3-9H2,1-2H3;1H3;1H. The summed E-state index contributed by atoms with van der Waals surface area (Å²) in [7, 11) is 0. The number of rotatable bonds is 6. The highest BCUT2D eigenvalue weighted by atomic mass is 19.0. The normalized spacial score (nSPS) is 7.54. The van der Waals surface area contributed by atoms with Crippen LogP contribution >= 0.6 is 0 Å². The van der Waals surface area contributed by atoms with Crippen molar-refractivity contribution in [3.05, 3.63) is 0 Å². The molecule has 0 aromatic heterocycles. The zero-order valence-corrected chi connectivity index (χ0v) is 9.31.